The predicted molar refractivity (Wildman–Crippen MR) is 89.3 cm³/mol. The maximum Gasteiger partial charge on any atom is 0.229 e. The third-order valence-electron chi connectivity index (χ3n) is 3.20. The number of rotatable bonds is 6. The van der Waals surface area contributed by atoms with Gasteiger partial charge in [-0.1, -0.05) is 37.6 Å². The van der Waals surface area contributed by atoms with Crippen molar-refractivity contribution in [2.75, 3.05) is 5.32 Å². The molecule has 0 saturated carbocycles. The number of aromatic nitrogens is 1. The number of pyridine rings is 1. The molecule has 0 aliphatic carbocycles. The largest absolute Gasteiger partial charge is 0.310 e. The molecule has 0 radical (unpaired) electrons. The zero-order valence-corrected chi connectivity index (χ0v) is 13.7. The molecule has 0 spiro atoms. The average molecular weight is 347 g/mol. The minimum absolute atomic E-state index is 0.0499. The Morgan fingerprint density at radius 2 is 1.86 bits per heavy atom. The molecule has 0 bridgehead atoms. The van der Waals surface area contributed by atoms with Gasteiger partial charge in [-0.2, -0.15) is 0 Å². The molecule has 0 aliphatic rings. The fourth-order valence-electron chi connectivity index (χ4n) is 2.03. The number of nitrogens with one attached hydrogen (secondary N) is 1. The van der Waals surface area contributed by atoms with Crippen molar-refractivity contribution in [2.45, 2.75) is 32.6 Å². The maximum absolute atomic E-state index is 12.0. The number of hydrogen-bond donors (Lipinski definition) is 1. The summed E-state index contributed by atoms with van der Waals surface area (Å²) < 4.78 is 0.892. The van der Waals surface area contributed by atoms with Crippen molar-refractivity contribution < 1.29 is 4.79 Å². The second-order valence-corrected chi connectivity index (χ2v) is 5.92. The van der Waals surface area contributed by atoms with Gasteiger partial charge in [0.1, 0.15) is 5.82 Å². The molecule has 2 rings (SSSR count). The highest BCUT2D eigenvalue weighted by molar-refractivity contribution is 9.10. The summed E-state index contributed by atoms with van der Waals surface area (Å²) in [5.74, 6) is 0.522. The van der Waals surface area contributed by atoms with Crippen LogP contribution in [0.25, 0.3) is 0 Å². The van der Waals surface area contributed by atoms with Gasteiger partial charge in [-0.25, -0.2) is 4.98 Å². The molecular formula is C17H19BrN2O. The maximum atomic E-state index is 12.0. The smallest absolute Gasteiger partial charge is 0.229 e. The van der Waals surface area contributed by atoms with Crippen LogP contribution in [0.4, 0.5) is 5.82 Å². The van der Waals surface area contributed by atoms with Crippen LogP contribution in [0.1, 0.15) is 30.9 Å². The van der Waals surface area contributed by atoms with Crippen LogP contribution in [0.5, 0.6) is 0 Å². The first-order valence-corrected chi connectivity index (χ1v) is 7.96. The van der Waals surface area contributed by atoms with Crippen molar-refractivity contribution in [3.05, 3.63) is 58.2 Å². The van der Waals surface area contributed by atoms with Crippen molar-refractivity contribution >= 4 is 27.7 Å². The van der Waals surface area contributed by atoms with Crippen LogP contribution in [-0.4, -0.2) is 10.9 Å². The Kier molecular flexibility index (Phi) is 5.93. The predicted octanol–water partition coefficient (Wildman–Crippen LogP) is 4.37. The Hall–Kier alpha value is -1.68. The SMILES string of the molecule is CCCCc1ccc(CC(=O)Nc2ccc(Br)cn2)cc1. The number of benzene rings is 1. The molecule has 21 heavy (non-hydrogen) atoms. The summed E-state index contributed by atoms with van der Waals surface area (Å²) in [5.41, 5.74) is 2.35. The summed E-state index contributed by atoms with van der Waals surface area (Å²) >= 11 is 3.31. The van der Waals surface area contributed by atoms with E-state index in [1.54, 1.807) is 12.3 Å². The van der Waals surface area contributed by atoms with E-state index < -0.39 is 0 Å². The van der Waals surface area contributed by atoms with E-state index in [0.29, 0.717) is 12.2 Å². The number of nitrogens with zero attached hydrogens (tertiary/aromatic N) is 1. The number of aryl methyl sites for hydroxylation is 1. The number of carbonyl (C=O) groups is 1. The summed E-state index contributed by atoms with van der Waals surface area (Å²) in [6.45, 7) is 2.19. The first kappa shape index (κ1) is 15.7. The minimum atomic E-state index is -0.0499. The minimum Gasteiger partial charge on any atom is -0.310 e. The topological polar surface area (TPSA) is 42.0 Å². The van der Waals surface area contributed by atoms with E-state index in [0.717, 1.165) is 16.5 Å². The normalized spacial score (nSPS) is 10.4. The second-order valence-electron chi connectivity index (χ2n) is 5.01. The summed E-state index contributed by atoms with van der Waals surface area (Å²) in [6, 6.07) is 11.9. The van der Waals surface area contributed by atoms with Crippen molar-refractivity contribution in [1.29, 1.82) is 0 Å². The number of amides is 1. The van der Waals surface area contributed by atoms with E-state index in [1.165, 1.54) is 18.4 Å². The van der Waals surface area contributed by atoms with Gasteiger partial charge in [0.15, 0.2) is 0 Å². The number of anilines is 1. The lowest BCUT2D eigenvalue weighted by Crippen LogP contribution is -2.15. The van der Waals surface area contributed by atoms with E-state index >= 15 is 0 Å². The van der Waals surface area contributed by atoms with Crippen LogP contribution in [0.3, 0.4) is 0 Å². The Bertz CT molecular complexity index is 579. The Labute approximate surface area is 133 Å². The van der Waals surface area contributed by atoms with Crippen LogP contribution in [0.15, 0.2) is 47.1 Å². The van der Waals surface area contributed by atoms with Gasteiger partial charge in [-0.05, 0) is 52.0 Å². The standard InChI is InChI=1S/C17H19BrN2O/c1-2-3-4-13-5-7-14(8-6-13)11-17(21)20-16-10-9-15(18)12-19-16/h5-10,12H,2-4,11H2,1H3,(H,19,20,21). The van der Waals surface area contributed by atoms with E-state index in [2.05, 4.69) is 45.3 Å². The van der Waals surface area contributed by atoms with Gasteiger partial charge in [0.05, 0.1) is 6.42 Å². The van der Waals surface area contributed by atoms with E-state index in [9.17, 15) is 4.79 Å². The van der Waals surface area contributed by atoms with Crippen molar-refractivity contribution in [2.24, 2.45) is 0 Å². The Morgan fingerprint density at radius 1 is 1.14 bits per heavy atom. The second kappa shape index (κ2) is 7.93. The van der Waals surface area contributed by atoms with Crippen molar-refractivity contribution in [3.63, 3.8) is 0 Å². The fourth-order valence-corrected chi connectivity index (χ4v) is 2.26. The molecule has 4 heteroatoms. The molecule has 2 aromatic rings. The first-order chi connectivity index (χ1) is 10.2. The number of carbonyl (C=O) groups excluding carboxylic acids is 1. The molecule has 0 atom stereocenters. The van der Waals surface area contributed by atoms with E-state index in [4.69, 9.17) is 0 Å². The molecule has 1 aromatic carbocycles. The lowest BCUT2D eigenvalue weighted by atomic mass is 10.0. The number of halogens is 1. The lowest BCUT2D eigenvalue weighted by molar-refractivity contribution is -0.115. The highest BCUT2D eigenvalue weighted by atomic mass is 79.9. The fraction of sp³-hybridized carbons (Fsp3) is 0.294. The zero-order chi connectivity index (χ0) is 15.1. The van der Waals surface area contributed by atoms with Gasteiger partial charge < -0.3 is 5.32 Å². The molecule has 1 N–H and O–H groups in total. The summed E-state index contributed by atoms with van der Waals surface area (Å²) in [4.78, 5) is 16.1. The molecule has 0 fully saturated rings. The molecule has 1 aromatic heterocycles. The molecule has 1 heterocycles. The van der Waals surface area contributed by atoms with Crippen LogP contribution in [-0.2, 0) is 17.6 Å². The number of unbranched alkanes of at least 4 members (excludes halogenated alkanes) is 1. The zero-order valence-electron chi connectivity index (χ0n) is 12.1. The van der Waals surface area contributed by atoms with Gasteiger partial charge in [0.2, 0.25) is 5.91 Å². The summed E-state index contributed by atoms with van der Waals surface area (Å²) in [7, 11) is 0. The Morgan fingerprint density at radius 3 is 2.48 bits per heavy atom. The summed E-state index contributed by atoms with van der Waals surface area (Å²) in [5, 5.41) is 2.80. The summed E-state index contributed by atoms with van der Waals surface area (Å²) in [6.07, 6.45) is 5.54. The van der Waals surface area contributed by atoms with Crippen LogP contribution in [0.2, 0.25) is 0 Å². The Balaban J connectivity index is 1.88. The molecule has 3 nitrogen and oxygen atoms in total. The molecule has 110 valence electrons. The monoisotopic (exact) mass is 346 g/mol. The molecule has 0 aliphatic heterocycles. The van der Waals surface area contributed by atoms with E-state index in [1.807, 2.05) is 18.2 Å². The highest BCUT2D eigenvalue weighted by Gasteiger charge is 2.05. The van der Waals surface area contributed by atoms with Crippen LogP contribution < -0.4 is 5.32 Å². The van der Waals surface area contributed by atoms with Gasteiger partial charge in [0.25, 0.3) is 0 Å². The third kappa shape index (κ3) is 5.31. The van der Waals surface area contributed by atoms with Crippen molar-refractivity contribution in [1.82, 2.24) is 4.98 Å². The van der Waals surface area contributed by atoms with Gasteiger partial charge >= 0.3 is 0 Å². The van der Waals surface area contributed by atoms with Gasteiger partial charge in [-0.3, -0.25) is 4.79 Å². The lowest BCUT2D eigenvalue weighted by Gasteiger charge is -2.06. The average Bonchev–Trinajstić information content (AvgIpc) is 2.49. The van der Waals surface area contributed by atoms with Gasteiger partial charge in [0, 0.05) is 10.7 Å². The van der Waals surface area contributed by atoms with Crippen LogP contribution in [0, 0.1) is 0 Å². The quantitative estimate of drug-likeness (QED) is 0.843. The highest BCUT2D eigenvalue weighted by Crippen LogP contribution is 2.12. The van der Waals surface area contributed by atoms with Crippen molar-refractivity contribution in [3.8, 4) is 0 Å². The first-order valence-electron chi connectivity index (χ1n) is 7.16. The van der Waals surface area contributed by atoms with E-state index in [-0.39, 0.29) is 5.91 Å². The molecular weight excluding hydrogens is 328 g/mol. The molecule has 0 saturated heterocycles. The van der Waals surface area contributed by atoms with Gasteiger partial charge in [-0.15, -0.1) is 0 Å². The third-order valence-corrected chi connectivity index (χ3v) is 3.67. The molecule has 1 amide bonds. The van der Waals surface area contributed by atoms with Crippen LogP contribution >= 0.6 is 15.9 Å². The molecule has 0 unspecified atom stereocenters. The number of hydrogen-bond acceptors (Lipinski definition) is 2.